The summed E-state index contributed by atoms with van der Waals surface area (Å²) >= 11 is 0. The maximum atomic E-state index is 10.5. The average molecular weight is 97.1 g/mol. The molecule has 2 rings (SSSR count). The fourth-order valence-electron chi connectivity index (χ4n) is 1.17. The molecule has 7 heavy (non-hydrogen) atoms. The predicted molar refractivity (Wildman–Crippen MR) is 24.7 cm³/mol. The summed E-state index contributed by atoms with van der Waals surface area (Å²) in [6, 6.07) is 0.674. The average Bonchev–Trinajstić information content (AvgIpc) is 2.33. The highest BCUT2D eigenvalue weighted by atomic mass is 16.2. The largest absolute Gasteiger partial charge is 0.336 e. The number of hydrogen-bond acceptors (Lipinski definition) is 1. The zero-order valence-corrected chi connectivity index (χ0v) is 4.05. The Labute approximate surface area is 42.1 Å². The van der Waals surface area contributed by atoms with Crippen LogP contribution >= 0.6 is 0 Å². The molecule has 1 amide bonds. The van der Waals surface area contributed by atoms with E-state index in [1.165, 1.54) is 0 Å². The molecule has 38 valence electrons. The third-order valence-electron chi connectivity index (χ3n) is 1.73. The minimum atomic E-state index is 0.366. The Morgan fingerprint density at radius 1 is 1.71 bits per heavy atom. The summed E-state index contributed by atoms with van der Waals surface area (Å²) in [4.78, 5) is 12.5. The molecule has 2 saturated heterocycles. The zero-order chi connectivity index (χ0) is 4.85. The maximum absolute atomic E-state index is 10.5. The topological polar surface area (TPSA) is 20.1 Å². The first-order valence-electron chi connectivity index (χ1n) is 2.67. The number of nitrogens with zero attached hydrogens (tertiary/aromatic N) is 1. The van der Waals surface area contributed by atoms with Crippen LogP contribution in [0.15, 0.2) is 0 Å². The summed E-state index contributed by atoms with van der Waals surface area (Å²) in [5, 5.41) is 0. The number of amides is 1. The molecule has 2 nitrogen and oxygen atoms in total. The second-order valence-electron chi connectivity index (χ2n) is 2.24. The number of piperidine rings is 1. The molecular formula is C5H7NO. The van der Waals surface area contributed by atoms with Crippen LogP contribution < -0.4 is 0 Å². The molecule has 2 heteroatoms. The van der Waals surface area contributed by atoms with Crippen LogP contribution in [0.3, 0.4) is 0 Å². The van der Waals surface area contributed by atoms with E-state index in [1.807, 2.05) is 4.90 Å². The van der Waals surface area contributed by atoms with Crippen molar-refractivity contribution in [2.45, 2.75) is 18.9 Å². The quantitative estimate of drug-likeness (QED) is 0.389. The van der Waals surface area contributed by atoms with Gasteiger partial charge in [0.05, 0.1) is 0 Å². The molecule has 0 aromatic heterocycles. The minimum Gasteiger partial charge on any atom is -0.336 e. The molecule has 0 aromatic carbocycles. The maximum Gasteiger partial charge on any atom is 0.223 e. The molecule has 2 aliphatic heterocycles. The van der Waals surface area contributed by atoms with E-state index in [2.05, 4.69) is 0 Å². The highest BCUT2D eigenvalue weighted by Gasteiger charge is 2.43. The molecule has 0 bridgehead atoms. The molecule has 0 aliphatic carbocycles. The highest BCUT2D eigenvalue weighted by Crippen LogP contribution is 2.30. The van der Waals surface area contributed by atoms with Crippen molar-refractivity contribution in [1.82, 2.24) is 4.90 Å². The summed E-state index contributed by atoms with van der Waals surface area (Å²) in [5.41, 5.74) is 0. The van der Waals surface area contributed by atoms with Crippen LogP contribution in [0.4, 0.5) is 0 Å². The fraction of sp³-hybridized carbons (Fsp3) is 0.800. The highest BCUT2D eigenvalue weighted by molar-refractivity contribution is 5.81. The van der Waals surface area contributed by atoms with Crippen molar-refractivity contribution in [2.75, 3.05) is 6.54 Å². The predicted octanol–water partition coefficient (Wildman–Crippen LogP) is -0.00900. The lowest BCUT2D eigenvalue weighted by molar-refractivity contribution is -0.124. The van der Waals surface area contributed by atoms with Gasteiger partial charge in [-0.3, -0.25) is 4.79 Å². The monoisotopic (exact) mass is 97.1 g/mol. The third-order valence-corrected chi connectivity index (χ3v) is 1.73. The summed E-state index contributed by atoms with van der Waals surface area (Å²) in [7, 11) is 0. The van der Waals surface area contributed by atoms with Crippen molar-refractivity contribution in [3.8, 4) is 0 Å². The van der Waals surface area contributed by atoms with Gasteiger partial charge in [0.1, 0.15) is 0 Å². The molecule has 2 heterocycles. The lowest BCUT2D eigenvalue weighted by Crippen LogP contribution is -2.02. The van der Waals surface area contributed by atoms with Crippen LogP contribution in [0.1, 0.15) is 12.8 Å². The van der Waals surface area contributed by atoms with Gasteiger partial charge < -0.3 is 4.90 Å². The van der Waals surface area contributed by atoms with E-state index >= 15 is 0 Å². The second-order valence-corrected chi connectivity index (χ2v) is 2.24. The molecule has 0 spiro atoms. The van der Waals surface area contributed by atoms with Crippen molar-refractivity contribution in [1.29, 1.82) is 0 Å². The first-order valence-corrected chi connectivity index (χ1v) is 2.67. The van der Waals surface area contributed by atoms with Crippen LogP contribution in [-0.2, 0) is 4.79 Å². The molecule has 0 N–H and O–H groups in total. The van der Waals surface area contributed by atoms with Gasteiger partial charge in [0, 0.05) is 19.0 Å². The standard InChI is InChI=1S/C5H7NO/c7-5-2-1-4-3-6(4)5/h4H,1-3H2/t4-,6?/m1/s1. The summed E-state index contributed by atoms with van der Waals surface area (Å²) < 4.78 is 0. The normalized spacial score (nSPS) is 36.3. The van der Waals surface area contributed by atoms with Gasteiger partial charge in [-0.2, -0.15) is 0 Å². The summed E-state index contributed by atoms with van der Waals surface area (Å²) in [6.45, 7) is 1.05. The SMILES string of the molecule is O=C1CC[C@@H]2CN12. The molecule has 1 atom stereocenters. The number of carbonyl (C=O) groups excluding carboxylic acids is 1. The Hall–Kier alpha value is -0.530. The van der Waals surface area contributed by atoms with E-state index in [9.17, 15) is 4.79 Å². The third kappa shape index (κ3) is 0.315. The summed E-state index contributed by atoms with van der Waals surface area (Å²) in [5.74, 6) is 0.366. The van der Waals surface area contributed by atoms with Crippen molar-refractivity contribution in [2.24, 2.45) is 0 Å². The summed E-state index contributed by atoms with van der Waals surface area (Å²) in [6.07, 6.45) is 1.93. The smallest absolute Gasteiger partial charge is 0.223 e. The zero-order valence-electron chi connectivity index (χ0n) is 4.05. The van der Waals surface area contributed by atoms with E-state index < -0.39 is 0 Å². The Balaban J connectivity index is 2.21. The van der Waals surface area contributed by atoms with Crippen molar-refractivity contribution < 1.29 is 4.79 Å². The molecule has 0 unspecified atom stereocenters. The van der Waals surface area contributed by atoms with Crippen LogP contribution in [0.5, 0.6) is 0 Å². The lowest BCUT2D eigenvalue weighted by Gasteiger charge is -1.86. The Morgan fingerprint density at radius 2 is 2.57 bits per heavy atom. The van der Waals surface area contributed by atoms with Crippen LogP contribution in [-0.4, -0.2) is 23.4 Å². The molecule has 0 aromatic rings. The Kier molecular flexibility index (Phi) is 0.412. The van der Waals surface area contributed by atoms with Gasteiger partial charge in [-0.05, 0) is 6.42 Å². The van der Waals surface area contributed by atoms with Gasteiger partial charge in [0.2, 0.25) is 5.91 Å². The van der Waals surface area contributed by atoms with Crippen molar-refractivity contribution >= 4 is 5.91 Å². The van der Waals surface area contributed by atoms with E-state index in [0.29, 0.717) is 11.9 Å². The first kappa shape index (κ1) is 3.47. The van der Waals surface area contributed by atoms with Crippen LogP contribution in [0.25, 0.3) is 0 Å². The number of rotatable bonds is 0. The van der Waals surface area contributed by atoms with Gasteiger partial charge in [-0.15, -0.1) is 0 Å². The van der Waals surface area contributed by atoms with Gasteiger partial charge in [0.25, 0.3) is 0 Å². The Bertz CT molecular complexity index is 121. The molecule has 2 aliphatic rings. The van der Waals surface area contributed by atoms with Gasteiger partial charge in [0.15, 0.2) is 0 Å². The number of carbonyl (C=O) groups is 1. The van der Waals surface area contributed by atoms with E-state index in [4.69, 9.17) is 0 Å². The van der Waals surface area contributed by atoms with Gasteiger partial charge in [-0.1, -0.05) is 0 Å². The number of fused-ring (bicyclic) bond motifs is 1. The molecular weight excluding hydrogens is 90.1 g/mol. The lowest BCUT2D eigenvalue weighted by atomic mass is 10.3. The molecule has 0 saturated carbocycles. The van der Waals surface area contributed by atoms with Crippen LogP contribution in [0.2, 0.25) is 0 Å². The molecule has 0 radical (unpaired) electrons. The first-order chi connectivity index (χ1) is 3.38. The Morgan fingerprint density at radius 3 is 2.71 bits per heavy atom. The van der Waals surface area contributed by atoms with Crippen LogP contribution in [0, 0.1) is 0 Å². The fourth-order valence-corrected chi connectivity index (χ4v) is 1.17. The number of hydrogen-bond donors (Lipinski definition) is 0. The second kappa shape index (κ2) is 0.831. The van der Waals surface area contributed by atoms with Crippen molar-refractivity contribution in [3.05, 3.63) is 0 Å². The van der Waals surface area contributed by atoms with Crippen molar-refractivity contribution in [3.63, 3.8) is 0 Å². The molecule has 2 fully saturated rings. The van der Waals surface area contributed by atoms with Gasteiger partial charge in [-0.25, -0.2) is 0 Å². The minimum absolute atomic E-state index is 0.366. The van der Waals surface area contributed by atoms with E-state index in [-0.39, 0.29) is 0 Å². The van der Waals surface area contributed by atoms with E-state index in [1.54, 1.807) is 0 Å². The van der Waals surface area contributed by atoms with E-state index in [0.717, 1.165) is 19.4 Å². The van der Waals surface area contributed by atoms with Gasteiger partial charge >= 0.3 is 0 Å².